The van der Waals surface area contributed by atoms with Gasteiger partial charge in [0.15, 0.2) is 0 Å². The molecule has 7 heteroatoms. The summed E-state index contributed by atoms with van der Waals surface area (Å²) in [5.41, 5.74) is 1.06. The second-order valence-corrected chi connectivity index (χ2v) is 9.35. The molecule has 2 amide bonds. The number of rotatable bonds is 8. The van der Waals surface area contributed by atoms with Crippen LogP contribution in [-0.4, -0.2) is 71.0 Å². The molecule has 1 fully saturated rings. The summed E-state index contributed by atoms with van der Waals surface area (Å²) in [4.78, 5) is 30.7. The first-order valence-corrected chi connectivity index (χ1v) is 12.0. The van der Waals surface area contributed by atoms with E-state index in [4.69, 9.17) is 4.74 Å². The minimum absolute atomic E-state index is 0.253. The van der Waals surface area contributed by atoms with Crippen molar-refractivity contribution in [2.24, 2.45) is 0 Å². The Morgan fingerprint density at radius 3 is 2.43 bits per heavy atom. The number of carbonyl (C=O) groups excluding carboxylic acids is 2. The molecule has 0 N–H and O–H groups in total. The molecule has 6 nitrogen and oxygen atoms in total. The fourth-order valence-electron chi connectivity index (χ4n) is 4.18. The SMILES string of the molecule is CCCCS(=O)c1ccc2c3c(cccc13)C(=O)N(CCCN1CCOCC1)C2=O. The second kappa shape index (κ2) is 9.37. The third-order valence-corrected chi connectivity index (χ3v) is 7.35. The molecule has 2 aliphatic rings. The maximum atomic E-state index is 13.1. The van der Waals surface area contributed by atoms with Crippen molar-refractivity contribution >= 4 is 33.4 Å². The molecule has 0 aliphatic carbocycles. The topological polar surface area (TPSA) is 66.9 Å². The van der Waals surface area contributed by atoms with E-state index in [1.807, 2.05) is 12.1 Å². The van der Waals surface area contributed by atoms with Gasteiger partial charge in [0.25, 0.3) is 11.8 Å². The van der Waals surface area contributed by atoms with Crippen LogP contribution in [0.1, 0.15) is 46.9 Å². The summed E-state index contributed by atoms with van der Waals surface area (Å²) in [5.74, 6) is 0.0817. The van der Waals surface area contributed by atoms with Crippen molar-refractivity contribution in [2.45, 2.75) is 31.1 Å². The van der Waals surface area contributed by atoms with Crippen LogP contribution in [0.4, 0.5) is 0 Å². The van der Waals surface area contributed by atoms with E-state index >= 15 is 0 Å². The van der Waals surface area contributed by atoms with Gasteiger partial charge in [-0.1, -0.05) is 25.5 Å². The first-order chi connectivity index (χ1) is 14.6. The van der Waals surface area contributed by atoms with Crippen LogP contribution in [-0.2, 0) is 15.5 Å². The average molecular weight is 429 g/mol. The van der Waals surface area contributed by atoms with Gasteiger partial charge < -0.3 is 4.74 Å². The van der Waals surface area contributed by atoms with Crippen LogP contribution in [0.3, 0.4) is 0 Å². The Bertz CT molecular complexity index is 962. The molecule has 1 unspecified atom stereocenters. The number of benzene rings is 2. The first kappa shape index (κ1) is 21.2. The number of nitrogens with zero attached hydrogens (tertiary/aromatic N) is 2. The fraction of sp³-hybridized carbons (Fsp3) is 0.478. The van der Waals surface area contributed by atoms with Crippen LogP contribution >= 0.6 is 0 Å². The zero-order valence-electron chi connectivity index (χ0n) is 17.4. The number of unbranched alkanes of at least 4 members (excludes halogenated alkanes) is 1. The number of ether oxygens (including phenoxy) is 1. The van der Waals surface area contributed by atoms with Crippen molar-refractivity contribution in [3.63, 3.8) is 0 Å². The lowest BCUT2D eigenvalue weighted by molar-refractivity contribution is 0.0352. The van der Waals surface area contributed by atoms with Crippen molar-refractivity contribution in [3.05, 3.63) is 41.5 Å². The second-order valence-electron chi connectivity index (χ2n) is 7.81. The normalized spacial score (nSPS) is 18.2. The average Bonchev–Trinajstić information content (AvgIpc) is 2.78. The molecular weight excluding hydrogens is 400 g/mol. The van der Waals surface area contributed by atoms with Gasteiger partial charge in [-0.05, 0) is 36.4 Å². The number of imide groups is 1. The minimum Gasteiger partial charge on any atom is -0.379 e. The highest BCUT2D eigenvalue weighted by Gasteiger charge is 2.33. The summed E-state index contributed by atoms with van der Waals surface area (Å²) < 4.78 is 18.2. The van der Waals surface area contributed by atoms with Gasteiger partial charge in [0.1, 0.15) is 0 Å². The molecule has 2 aromatic rings. The standard InChI is InChI=1S/C23H28N2O4S/c1-2-3-16-30(28)20-9-8-19-21-17(20)6-4-7-18(21)22(26)25(23(19)27)11-5-10-24-12-14-29-15-13-24/h4,6-9H,2-3,5,10-16H2,1H3. The third kappa shape index (κ3) is 4.06. The molecular formula is C23H28N2O4S. The van der Waals surface area contributed by atoms with Crippen LogP contribution < -0.4 is 0 Å². The van der Waals surface area contributed by atoms with Gasteiger partial charge in [-0.3, -0.25) is 23.6 Å². The molecule has 0 radical (unpaired) electrons. The highest BCUT2D eigenvalue weighted by molar-refractivity contribution is 7.85. The Kier molecular flexibility index (Phi) is 6.61. The summed E-state index contributed by atoms with van der Waals surface area (Å²) in [6.07, 6.45) is 2.59. The summed E-state index contributed by atoms with van der Waals surface area (Å²) in [7, 11) is -1.14. The van der Waals surface area contributed by atoms with Gasteiger partial charge >= 0.3 is 0 Å². The van der Waals surface area contributed by atoms with E-state index in [1.165, 1.54) is 4.90 Å². The highest BCUT2D eigenvalue weighted by atomic mass is 32.2. The van der Waals surface area contributed by atoms with E-state index < -0.39 is 10.8 Å². The molecule has 160 valence electrons. The molecule has 0 bridgehead atoms. The van der Waals surface area contributed by atoms with E-state index in [0.717, 1.165) is 57.5 Å². The molecule has 2 aromatic carbocycles. The van der Waals surface area contributed by atoms with Gasteiger partial charge in [-0.25, -0.2) is 0 Å². The monoisotopic (exact) mass is 428 g/mol. The lowest BCUT2D eigenvalue weighted by Gasteiger charge is -2.30. The van der Waals surface area contributed by atoms with Crippen molar-refractivity contribution in [2.75, 3.05) is 45.1 Å². The number of carbonyl (C=O) groups is 2. The van der Waals surface area contributed by atoms with Crippen molar-refractivity contribution in [1.82, 2.24) is 9.80 Å². The van der Waals surface area contributed by atoms with Crippen LogP contribution in [0.15, 0.2) is 35.2 Å². The van der Waals surface area contributed by atoms with E-state index in [9.17, 15) is 13.8 Å². The van der Waals surface area contributed by atoms with Crippen LogP contribution in [0.5, 0.6) is 0 Å². The Morgan fingerprint density at radius 2 is 1.70 bits per heavy atom. The maximum absolute atomic E-state index is 13.1. The van der Waals surface area contributed by atoms with Gasteiger partial charge in [0.2, 0.25) is 0 Å². The summed E-state index contributed by atoms with van der Waals surface area (Å²) in [6, 6.07) is 9.01. The van der Waals surface area contributed by atoms with Gasteiger partial charge in [-0.15, -0.1) is 0 Å². The van der Waals surface area contributed by atoms with Gasteiger partial charge in [0.05, 0.1) is 24.0 Å². The third-order valence-electron chi connectivity index (χ3n) is 5.84. The minimum atomic E-state index is -1.14. The number of amides is 2. The molecule has 4 rings (SSSR count). The lowest BCUT2D eigenvalue weighted by Crippen LogP contribution is -2.43. The van der Waals surface area contributed by atoms with Crippen molar-refractivity contribution in [3.8, 4) is 0 Å². The first-order valence-electron chi connectivity index (χ1n) is 10.7. The predicted molar refractivity (Wildman–Crippen MR) is 117 cm³/mol. The quantitative estimate of drug-likeness (QED) is 0.605. The molecule has 30 heavy (non-hydrogen) atoms. The lowest BCUT2D eigenvalue weighted by atomic mass is 9.94. The maximum Gasteiger partial charge on any atom is 0.261 e. The summed E-state index contributed by atoms with van der Waals surface area (Å²) in [6.45, 7) is 6.56. The largest absolute Gasteiger partial charge is 0.379 e. The Labute approximate surface area is 179 Å². The Balaban J connectivity index is 1.58. The van der Waals surface area contributed by atoms with Gasteiger partial charge in [-0.2, -0.15) is 0 Å². The Morgan fingerprint density at radius 1 is 0.967 bits per heavy atom. The van der Waals surface area contributed by atoms with Crippen LogP contribution in [0.25, 0.3) is 10.8 Å². The molecule has 2 heterocycles. The van der Waals surface area contributed by atoms with Crippen molar-refractivity contribution < 1.29 is 18.5 Å². The zero-order chi connectivity index (χ0) is 21.1. The van der Waals surface area contributed by atoms with E-state index in [0.29, 0.717) is 33.7 Å². The number of hydrogen-bond donors (Lipinski definition) is 0. The van der Waals surface area contributed by atoms with Gasteiger partial charge in [0, 0.05) is 53.3 Å². The smallest absolute Gasteiger partial charge is 0.261 e. The highest BCUT2D eigenvalue weighted by Crippen LogP contribution is 2.33. The van der Waals surface area contributed by atoms with E-state index in [2.05, 4.69) is 11.8 Å². The van der Waals surface area contributed by atoms with Crippen LogP contribution in [0.2, 0.25) is 0 Å². The zero-order valence-corrected chi connectivity index (χ0v) is 18.2. The van der Waals surface area contributed by atoms with Crippen LogP contribution in [0, 0.1) is 0 Å². The Hall–Kier alpha value is -2.09. The molecule has 0 spiro atoms. The fourth-order valence-corrected chi connectivity index (χ4v) is 5.59. The molecule has 2 aliphatic heterocycles. The molecule has 0 saturated carbocycles. The molecule has 1 atom stereocenters. The van der Waals surface area contributed by atoms with E-state index in [-0.39, 0.29) is 11.8 Å². The summed E-state index contributed by atoms with van der Waals surface area (Å²) >= 11 is 0. The molecule has 1 saturated heterocycles. The van der Waals surface area contributed by atoms with Crippen molar-refractivity contribution in [1.29, 1.82) is 0 Å². The number of hydrogen-bond acceptors (Lipinski definition) is 5. The van der Waals surface area contributed by atoms with E-state index in [1.54, 1.807) is 18.2 Å². The molecule has 0 aromatic heterocycles. The number of morpholine rings is 1. The summed E-state index contributed by atoms with van der Waals surface area (Å²) in [5, 5.41) is 1.41. The predicted octanol–water partition coefficient (Wildman–Crippen LogP) is 3.07.